The van der Waals surface area contributed by atoms with Crippen molar-refractivity contribution in [3.63, 3.8) is 0 Å². The minimum absolute atomic E-state index is 0. The molecule has 3 aromatic carbocycles. The molecule has 0 amide bonds. The number of benzene rings is 3. The third kappa shape index (κ3) is 4.76. The van der Waals surface area contributed by atoms with Crippen molar-refractivity contribution in [3.05, 3.63) is 101 Å². The third-order valence-electron chi connectivity index (χ3n) is 6.28. The Hall–Kier alpha value is -2.86. The molecule has 172 valence electrons. The molecule has 6 heteroatoms. The second-order valence-corrected chi connectivity index (χ2v) is 8.22. The Morgan fingerprint density at radius 1 is 0.939 bits per heavy atom. The monoisotopic (exact) mass is 467 g/mol. The van der Waals surface area contributed by atoms with Crippen molar-refractivity contribution >= 4 is 5.76 Å². The topological polar surface area (TPSA) is 32.1 Å². The van der Waals surface area contributed by atoms with Crippen molar-refractivity contribution in [3.8, 4) is 11.5 Å². The van der Waals surface area contributed by atoms with E-state index in [4.69, 9.17) is 14.2 Å². The normalized spacial score (nSPS) is 18.2. The van der Waals surface area contributed by atoms with Crippen molar-refractivity contribution < 1.29 is 35.9 Å². The predicted octanol–water partition coefficient (Wildman–Crippen LogP) is 0.689. The van der Waals surface area contributed by atoms with Gasteiger partial charge < -0.3 is 31.5 Å². The number of hydrogen-bond donors (Lipinski definition) is 1. The molecule has 33 heavy (non-hydrogen) atoms. The number of hydrogen-bond acceptors (Lipinski definition) is 3. The average molecular weight is 468 g/mol. The number of nitrogens with one attached hydrogen (secondary N) is 1. The molecule has 1 fully saturated rings. The van der Waals surface area contributed by atoms with Crippen molar-refractivity contribution in [1.29, 1.82) is 0 Å². The van der Waals surface area contributed by atoms with Crippen LogP contribution in [0.5, 0.6) is 11.5 Å². The van der Waals surface area contributed by atoms with Crippen LogP contribution >= 0.6 is 0 Å². The van der Waals surface area contributed by atoms with Gasteiger partial charge in [-0.25, -0.2) is 4.39 Å². The van der Waals surface area contributed by atoms with Gasteiger partial charge in [-0.15, -0.1) is 0 Å². The van der Waals surface area contributed by atoms with Crippen LogP contribution in [0.15, 0.2) is 78.4 Å². The zero-order valence-corrected chi connectivity index (χ0v) is 19.3. The molecule has 1 saturated heterocycles. The van der Waals surface area contributed by atoms with Gasteiger partial charge in [0.05, 0.1) is 25.9 Å². The maximum Gasteiger partial charge on any atom is 0.144 e. The van der Waals surface area contributed by atoms with Gasteiger partial charge in [0, 0.05) is 17.1 Å². The quantitative estimate of drug-likeness (QED) is 0.599. The number of para-hydroxylation sites is 2. The van der Waals surface area contributed by atoms with E-state index in [0.717, 1.165) is 66.8 Å². The smallest absolute Gasteiger partial charge is 0.144 e. The lowest BCUT2D eigenvalue weighted by Crippen LogP contribution is -3.14. The molecule has 2 aliphatic heterocycles. The van der Waals surface area contributed by atoms with E-state index in [9.17, 15) is 4.39 Å². The van der Waals surface area contributed by atoms with Crippen LogP contribution < -0.4 is 26.8 Å². The van der Waals surface area contributed by atoms with Crippen LogP contribution in [0, 0.1) is 5.82 Å². The lowest BCUT2D eigenvalue weighted by atomic mass is 9.81. The maximum absolute atomic E-state index is 13.8. The van der Waals surface area contributed by atoms with Crippen LogP contribution in [0.1, 0.15) is 22.6 Å². The molecule has 0 aliphatic carbocycles. The Balaban J connectivity index is 0.00000259. The maximum atomic E-state index is 13.8. The van der Waals surface area contributed by atoms with E-state index in [-0.39, 0.29) is 24.1 Å². The fourth-order valence-electron chi connectivity index (χ4n) is 4.69. The molecular weight excluding hydrogens is 441 g/mol. The first-order valence-corrected chi connectivity index (χ1v) is 11.0. The highest BCUT2D eigenvalue weighted by molar-refractivity contribution is 5.75. The van der Waals surface area contributed by atoms with Crippen molar-refractivity contribution in [2.45, 2.75) is 5.92 Å². The molecule has 5 rings (SSSR count). The van der Waals surface area contributed by atoms with Gasteiger partial charge in [0.25, 0.3) is 0 Å². The van der Waals surface area contributed by atoms with Gasteiger partial charge in [-0.3, -0.25) is 0 Å². The molecule has 4 nitrogen and oxygen atoms in total. The largest absolute Gasteiger partial charge is 1.00 e. The Morgan fingerprint density at radius 3 is 2.39 bits per heavy atom. The van der Waals surface area contributed by atoms with Crippen molar-refractivity contribution in [2.75, 3.05) is 40.0 Å². The van der Waals surface area contributed by atoms with Crippen LogP contribution in [0.2, 0.25) is 0 Å². The number of rotatable bonds is 5. The zero-order chi connectivity index (χ0) is 21.9. The van der Waals surface area contributed by atoms with E-state index in [1.165, 1.54) is 22.6 Å². The van der Waals surface area contributed by atoms with E-state index in [2.05, 4.69) is 6.07 Å². The lowest BCUT2D eigenvalue weighted by Gasteiger charge is -2.34. The highest BCUT2D eigenvalue weighted by atomic mass is 35.5. The molecule has 0 radical (unpaired) electrons. The fourth-order valence-corrected chi connectivity index (χ4v) is 4.69. The SMILES string of the molecule is COc1ccccc1C1=C(C[NH+]2CCOCC2)C(c2ccc(F)cc2)c2ccccc2O1.[Cl-]. The van der Waals surface area contributed by atoms with Gasteiger partial charge in [-0.1, -0.05) is 42.5 Å². The molecule has 3 aromatic rings. The van der Waals surface area contributed by atoms with Crippen LogP contribution in [0.25, 0.3) is 5.76 Å². The molecule has 0 saturated carbocycles. The van der Waals surface area contributed by atoms with E-state index >= 15 is 0 Å². The summed E-state index contributed by atoms with van der Waals surface area (Å²) in [5.41, 5.74) is 4.26. The first-order chi connectivity index (χ1) is 15.7. The molecule has 2 heterocycles. The van der Waals surface area contributed by atoms with Crippen LogP contribution in [0.3, 0.4) is 0 Å². The average Bonchev–Trinajstić information content (AvgIpc) is 2.85. The van der Waals surface area contributed by atoms with Gasteiger partial charge in [-0.2, -0.15) is 0 Å². The summed E-state index contributed by atoms with van der Waals surface area (Å²) < 4.78 is 31.6. The first kappa shape index (κ1) is 23.3. The Labute approximate surface area is 200 Å². The summed E-state index contributed by atoms with van der Waals surface area (Å²) in [5.74, 6) is 2.16. The highest BCUT2D eigenvalue weighted by Crippen LogP contribution is 2.46. The summed E-state index contributed by atoms with van der Waals surface area (Å²) in [4.78, 5) is 1.45. The summed E-state index contributed by atoms with van der Waals surface area (Å²) in [5, 5.41) is 0. The molecule has 1 atom stereocenters. The van der Waals surface area contributed by atoms with Crippen LogP contribution in [0.4, 0.5) is 4.39 Å². The summed E-state index contributed by atoms with van der Waals surface area (Å²) in [6, 6.07) is 22.9. The minimum atomic E-state index is -0.233. The fraction of sp³-hybridized carbons (Fsp3) is 0.259. The zero-order valence-electron chi connectivity index (χ0n) is 18.5. The molecule has 0 aromatic heterocycles. The Morgan fingerprint density at radius 2 is 1.64 bits per heavy atom. The number of ether oxygens (including phenoxy) is 3. The second kappa shape index (κ2) is 10.4. The summed E-state index contributed by atoms with van der Waals surface area (Å²) in [6.45, 7) is 4.21. The van der Waals surface area contributed by atoms with E-state index < -0.39 is 0 Å². The number of morpholine rings is 1. The van der Waals surface area contributed by atoms with E-state index in [0.29, 0.717) is 0 Å². The number of fused-ring (bicyclic) bond motifs is 1. The molecular formula is C27H27ClFNO3. The summed E-state index contributed by atoms with van der Waals surface area (Å²) in [6.07, 6.45) is 0. The highest BCUT2D eigenvalue weighted by Gasteiger charge is 2.35. The number of halogens is 2. The summed E-state index contributed by atoms with van der Waals surface area (Å²) in [7, 11) is 1.68. The van der Waals surface area contributed by atoms with Gasteiger partial charge in [0.15, 0.2) is 0 Å². The van der Waals surface area contributed by atoms with Crippen molar-refractivity contribution in [2.24, 2.45) is 0 Å². The van der Waals surface area contributed by atoms with Gasteiger partial charge >= 0.3 is 0 Å². The summed E-state index contributed by atoms with van der Waals surface area (Å²) >= 11 is 0. The predicted molar refractivity (Wildman–Crippen MR) is 122 cm³/mol. The minimum Gasteiger partial charge on any atom is -1.00 e. The van der Waals surface area contributed by atoms with E-state index in [1.54, 1.807) is 7.11 Å². The van der Waals surface area contributed by atoms with Gasteiger partial charge in [0.2, 0.25) is 0 Å². The molecule has 2 aliphatic rings. The number of quaternary nitrogens is 1. The van der Waals surface area contributed by atoms with Crippen LogP contribution in [-0.4, -0.2) is 40.0 Å². The lowest BCUT2D eigenvalue weighted by molar-refractivity contribution is -0.903. The molecule has 0 spiro atoms. The standard InChI is InChI=1S/C27H26FNO3.ClH/c1-30-24-8-4-3-7-22(24)27-23(18-29-14-16-31-17-15-29)26(19-10-12-20(28)13-11-19)21-6-2-5-9-25(21)32-27;/h2-13,26H,14-18H2,1H3;1H. The third-order valence-corrected chi connectivity index (χ3v) is 6.28. The van der Waals surface area contributed by atoms with Crippen LogP contribution in [-0.2, 0) is 4.74 Å². The van der Waals surface area contributed by atoms with E-state index in [1.807, 2.05) is 54.6 Å². The van der Waals surface area contributed by atoms with Gasteiger partial charge in [-0.05, 0) is 35.9 Å². The Kier molecular flexibility index (Phi) is 7.33. The Bertz CT molecular complexity index is 1130. The molecule has 1 N–H and O–H groups in total. The molecule has 1 unspecified atom stereocenters. The first-order valence-electron chi connectivity index (χ1n) is 11.0. The van der Waals surface area contributed by atoms with Crippen molar-refractivity contribution in [1.82, 2.24) is 0 Å². The molecule has 0 bridgehead atoms. The van der Waals surface area contributed by atoms with Gasteiger partial charge in [0.1, 0.15) is 42.7 Å². The number of methoxy groups -OCH3 is 1. The second-order valence-electron chi connectivity index (χ2n) is 8.22.